The Hall–Kier alpha value is -2.96. The van der Waals surface area contributed by atoms with Gasteiger partial charge in [0.2, 0.25) is 11.8 Å². The Morgan fingerprint density at radius 3 is 2.88 bits per heavy atom. The van der Waals surface area contributed by atoms with E-state index in [1.54, 1.807) is 15.9 Å². The monoisotopic (exact) mass is 337 g/mol. The highest BCUT2D eigenvalue weighted by atomic mass is 16.2. The van der Waals surface area contributed by atoms with Crippen molar-refractivity contribution < 1.29 is 9.59 Å². The minimum atomic E-state index is -0.442. The summed E-state index contributed by atoms with van der Waals surface area (Å²) in [5.74, 6) is -0.338. The molecule has 2 amide bonds. The maximum atomic E-state index is 12.8. The van der Waals surface area contributed by atoms with Crippen LogP contribution < -0.4 is 5.32 Å². The van der Waals surface area contributed by atoms with E-state index in [9.17, 15) is 9.59 Å². The SMILES string of the molecule is C=CC(=O)N1CC2(CC2)C[C@H]1C(=O)Nc1cccc(-n2cncn2)c1. The number of rotatable bonds is 4. The highest BCUT2D eigenvalue weighted by Gasteiger charge is 2.54. The van der Waals surface area contributed by atoms with Crippen LogP contribution in [0.15, 0.2) is 49.6 Å². The molecule has 128 valence electrons. The lowest BCUT2D eigenvalue weighted by Crippen LogP contribution is -2.42. The number of nitrogens with zero attached hydrogens (tertiary/aromatic N) is 4. The molecule has 25 heavy (non-hydrogen) atoms. The molecule has 0 radical (unpaired) electrons. The predicted octanol–water partition coefficient (Wildman–Crippen LogP) is 1.77. The maximum absolute atomic E-state index is 12.8. The Kier molecular flexibility index (Phi) is 3.63. The summed E-state index contributed by atoms with van der Waals surface area (Å²) in [5.41, 5.74) is 1.61. The van der Waals surface area contributed by atoms with Crippen LogP contribution in [0.1, 0.15) is 19.3 Å². The van der Waals surface area contributed by atoms with Gasteiger partial charge in [0.05, 0.1) is 5.69 Å². The van der Waals surface area contributed by atoms with Gasteiger partial charge in [-0.1, -0.05) is 12.6 Å². The van der Waals surface area contributed by atoms with Crippen molar-refractivity contribution in [1.82, 2.24) is 19.7 Å². The minimum absolute atomic E-state index is 0.142. The highest BCUT2D eigenvalue weighted by molar-refractivity contribution is 5.99. The topological polar surface area (TPSA) is 80.1 Å². The molecule has 2 heterocycles. The van der Waals surface area contributed by atoms with Crippen molar-refractivity contribution in [2.75, 3.05) is 11.9 Å². The predicted molar refractivity (Wildman–Crippen MR) is 92.0 cm³/mol. The van der Waals surface area contributed by atoms with Crippen LogP contribution in [0.25, 0.3) is 5.69 Å². The number of amides is 2. The quantitative estimate of drug-likeness (QED) is 0.862. The van der Waals surface area contributed by atoms with Gasteiger partial charge in [0.1, 0.15) is 18.7 Å². The van der Waals surface area contributed by atoms with Gasteiger partial charge in [0, 0.05) is 12.2 Å². The molecule has 0 unspecified atom stereocenters. The first-order valence-electron chi connectivity index (χ1n) is 8.29. The van der Waals surface area contributed by atoms with Gasteiger partial charge in [-0.25, -0.2) is 9.67 Å². The molecule has 0 bridgehead atoms. The second-order valence-corrected chi connectivity index (χ2v) is 6.77. The molecular weight excluding hydrogens is 318 g/mol. The third-order valence-electron chi connectivity index (χ3n) is 5.02. The molecule has 7 nitrogen and oxygen atoms in total. The molecule has 1 saturated carbocycles. The lowest BCUT2D eigenvalue weighted by atomic mass is 10.0. The van der Waals surface area contributed by atoms with Crippen molar-refractivity contribution in [3.63, 3.8) is 0 Å². The number of carbonyl (C=O) groups excluding carboxylic acids is 2. The Balaban J connectivity index is 1.52. The van der Waals surface area contributed by atoms with Crippen molar-refractivity contribution in [2.24, 2.45) is 5.41 Å². The van der Waals surface area contributed by atoms with E-state index in [2.05, 4.69) is 22.0 Å². The summed E-state index contributed by atoms with van der Waals surface area (Å²) in [5, 5.41) is 7.02. The van der Waals surface area contributed by atoms with Crippen LogP contribution in [0.4, 0.5) is 5.69 Å². The Bertz CT molecular complexity index is 826. The van der Waals surface area contributed by atoms with E-state index in [1.165, 1.54) is 12.4 Å². The van der Waals surface area contributed by atoms with Gasteiger partial charge in [0.25, 0.3) is 0 Å². The molecule has 1 aliphatic heterocycles. The molecule has 1 saturated heterocycles. The number of anilines is 1. The number of aromatic nitrogens is 3. The van der Waals surface area contributed by atoms with E-state index in [0.29, 0.717) is 12.2 Å². The van der Waals surface area contributed by atoms with Crippen LogP contribution in [0.5, 0.6) is 0 Å². The first-order valence-corrected chi connectivity index (χ1v) is 8.29. The molecule has 2 aromatic rings. The molecule has 4 rings (SSSR count). The van der Waals surface area contributed by atoms with Crippen LogP contribution in [0.3, 0.4) is 0 Å². The fraction of sp³-hybridized carbons (Fsp3) is 0.333. The molecule has 1 atom stereocenters. The smallest absolute Gasteiger partial charge is 0.247 e. The normalized spacial score (nSPS) is 20.5. The third kappa shape index (κ3) is 2.93. The average molecular weight is 337 g/mol. The van der Waals surface area contributed by atoms with Gasteiger partial charge in [-0.3, -0.25) is 9.59 Å². The zero-order valence-corrected chi connectivity index (χ0v) is 13.8. The van der Waals surface area contributed by atoms with Crippen LogP contribution in [0, 0.1) is 5.41 Å². The number of nitrogens with one attached hydrogen (secondary N) is 1. The van der Waals surface area contributed by atoms with Crippen molar-refractivity contribution in [3.8, 4) is 5.69 Å². The first-order chi connectivity index (χ1) is 12.1. The molecule has 2 fully saturated rings. The second kappa shape index (κ2) is 5.84. The summed E-state index contributed by atoms with van der Waals surface area (Å²) in [7, 11) is 0. The summed E-state index contributed by atoms with van der Waals surface area (Å²) >= 11 is 0. The number of carbonyl (C=O) groups is 2. The Labute approximate surface area is 145 Å². The molecular formula is C18H19N5O2. The van der Waals surface area contributed by atoms with E-state index in [4.69, 9.17) is 0 Å². The highest BCUT2D eigenvalue weighted by Crippen LogP contribution is 2.54. The second-order valence-electron chi connectivity index (χ2n) is 6.77. The zero-order valence-electron chi connectivity index (χ0n) is 13.8. The van der Waals surface area contributed by atoms with Crippen LogP contribution >= 0.6 is 0 Å². The Morgan fingerprint density at radius 1 is 1.36 bits per heavy atom. The van der Waals surface area contributed by atoms with Gasteiger partial charge in [-0.2, -0.15) is 5.10 Å². The number of likely N-dealkylation sites (tertiary alicyclic amines) is 1. The fourth-order valence-corrected chi connectivity index (χ4v) is 3.47. The third-order valence-corrected chi connectivity index (χ3v) is 5.02. The van der Waals surface area contributed by atoms with Crippen molar-refractivity contribution >= 4 is 17.5 Å². The Morgan fingerprint density at radius 2 is 2.20 bits per heavy atom. The van der Waals surface area contributed by atoms with Gasteiger partial charge in [0.15, 0.2) is 0 Å². The molecule has 2 aliphatic rings. The van der Waals surface area contributed by atoms with Crippen molar-refractivity contribution in [3.05, 3.63) is 49.6 Å². The lowest BCUT2D eigenvalue weighted by Gasteiger charge is -2.22. The van der Waals surface area contributed by atoms with Crippen LogP contribution in [0.2, 0.25) is 0 Å². The number of hydrogen-bond donors (Lipinski definition) is 1. The molecule has 1 aliphatic carbocycles. The summed E-state index contributed by atoms with van der Waals surface area (Å²) in [6.45, 7) is 4.20. The van der Waals surface area contributed by atoms with Gasteiger partial charge in [-0.05, 0) is 49.0 Å². The van der Waals surface area contributed by atoms with Crippen molar-refractivity contribution in [2.45, 2.75) is 25.3 Å². The van der Waals surface area contributed by atoms with Crippen LogP contribution in [-0.4, -0.2) is 44.1 Å². The molecule has 1 N–H and O–H groups in total. The lowest BCUT2D eigenvalue weighted by molar-refractivity contribution is -0.132. The van der Waals surface area contributed by atoms with Gasteiger partial charge >= 0.3 is 0 Å². The summed E-state index contributed by atoms with van der Waals surface area (Å²) < 4.78 is 1.62. The summed E-state index contributed by atoms with van der Waals surface area (Å²) in [6.07, 6.45) is 7.23. The molecule has 1 aromatic carbocycles. The van der Waals surface area contributed by atoms with E-state index in [1.807, 2.05) is 24.3 Å². The van der Waals surface area contributed by atoms with Crippen LogP contribution in [-0.2, 0) is 9.59 Å². The van der Waals surface area contributed by atoms with Crippen molar-refractivity contribution in [1.29, 1.82) is 0 Å². The van der Waals surface area contributed by atoms with Gasteiger partial charge in [-0.15, -0.1) is 0 Å². The van der Waals surface area contributed by atoms with E-state index in [-0.39, 0.29) is 17.2 Å². The summed E-state index contributed by atoms with van der Waals surface area (Å²) in [4.78, 5) is 30.5. The zero-order chi connectivity index (χ0) is 17.4. The minimum Gasteiger partial charge on any atom is -0.327 e. The maximum Gasteiger partial charge on any atom is 0.247 e. The first kappa shape index (κ1) is 15.6. The average Bonchev–Trinajstić information content (AvgIpc) is 3.02. The molecule has 1 aromatic heterocycles. The number of benzene rings is 1. The number of hydrogen-bond acceptors (Lipinski definition) is 4. The van der Waals surface area contributed by atoms with Gasteiger partial charge < -0.3 is 10.2 Å². The standard InChI is InChI=1S/C18H19N5O2/c1-2-16(24)22-10-18(6-7-18)9-15(22)17(25)21-13-4-3-5-14(8-13)23-12-19-11-20-23/h2-5,8,11-12,15H,1,6-7,9-10H2,(H,21,25)/t15-/m0/s1. The van der Waals surface area contributed by atoms with E-state index in [0.717, 1.165) is 24.9 Å². The fourth-order valence-electron chi connectivity index (χ4n) is 3.47. The van der Waals surface area contributed by atoms with E-state index < -0.39 is 6.04 Å². The largest absolute Gasteiger partial charge is 0.327 e. The van der Waals surface area contributed by atoms with E-state index >= 15 is 0 Å². The molecule has 1 spiro atoms. The summed E-state index contributed by atoms with van der Waals surface area (Å²) in [6, 6.07) is 6.93. The molecule has 7 heteroatoms.